The van der Waals surface area contributed by atoms with Crippen molar-refractivity contribution in [2.75, 3.05) is 38.2 Å². The van der Waals surface area contributed by atoms with Crippen molar-refractivity contribution in [2.24, 2.45) is 0 Å². The van der Waals surface area contributed by atoms with E-state index >= 15 is 0 Å². The van der Waals surface area contributed by atoms with Crippen LogP contribution in [0.15, 0.2) is 18.2 Å². The Labute approximate surface area is 166 Å². The van der Waals surface area contributed by atoms with Crippen molar-refractivity contribution in [3.63, 3.8) is 0 Å². The van der Waals surface area contributed by atoms with E-state index in [1.807, 2.05) is 36.9 Å². The molecule has 0 aromatic heterocycles. The maximum Gasteiger partial charge on any atom is 0.325 e. The second-order valence-electron chi connectivity index (χ2n) is 7.78. The number of nitrogens with zero attached hydrogens (tertiary/aromatic N) is 1. The minimum atomic E-state index is -0.508. The highest BCUT2D eigenvalue weighted by Crippen LogP contribution is 2.18. The van der Waals surface area contributed by atoms with Gasteiger partial charge in [0.2, 0.25) is 5.91 Å². The highest BCUT2D eigenvalue weighted by Gasteiger charge is 2.25. The molecule has 2 atom stereocenters. The number of carbonyl (C=O) groups is 2. The second-order valence-corrected chi connectivity index (χ2v) is 7.78. The number of urea groups is 1. The van der Waals surface area contributed by atoms with E-state index in [4.69, 9.17) is 9.47 Å². The highest BCUT2D eigenvalue weighted by atomic mass is 16.5. The van der Waals surface area contributed by atoms with Crippen molar-refractivity contribution >= 4 is 17.6 Å². The normalized spacial score (nSPS) is 21.8. The molecule has 2 aliphatic heterocycles. The number of amides is 3. The summed E-state index contributed by atoms with van der Waals surface area (Å²) in [6.07, 6.45) is 4.44. The average Bonchev–Trinajstić information content (AvgIpc) is 3.31. The summed E-state index contributed by atoms with van der Waals surface area (Å²) in [7, 11) is 0. The number of hydrogen-bond donors (Lipinski definition) is 2. The lowest BCUT2D eigenvalue weighted by Crippen LogP contribution is -2.46. The van der Waals surface area contributed by atoms with Crippen LogP contribution in [0.25, 0.3) is 0 Å². The van der Waals surface area contributed by atoms with Gasteiger partial charge in [-0.15, -0.1) is 0 Å². The van der Waals surface area contributed by atoms with Crippen molar-refractivity contribution in [3.8, 4) is 0 Å². The van der Waals surface area contributed by atoms with E-state index < -0.39 is 6.03 Å². The van der Waals surface area contributed by atoms with Gasteiger partial charge in [0, 0.05) is 32.0 Å². The molecule has 7 nitrogen and oxygen atoms in total. The number of hydrogen-bond acceptors (Lipinski definition) is 5. The molecule has 2 heterocycles. The average molecular weight is 389 g/mol. The van der Waals surface area contributed by atoms with Crippen LogP contribution in [0.3, 0.4) is 0 Å². The van der Waals surface area contributed by atoms with Gasteiger partial charge in [-0.2, -0.15) is 0 Å². The maximum atomic E-state index is 12.4. The van der Waals surface area contributed by atoms with E-state index in [0.717, 1.165) is 50.0 Å². The van der Waals surface area contributed by atoms with Crippen LogP contribution in [-0.4, -0.2) is 61.9 Å². The molecule has 0 radical (unpaired) electrons. The van der Waals surface area contributed by atoms with Crippen LogP contribution in [0, 0.1) is 13.8 Å². The van der Waals surface area contributed by atoms with Crippen molar-refractivity contribution in [2.45, 2.75) is 51.7 Å². The zero-order valence-corrected chi connectivity index (χ0v) is 16.8. The number of aryl methyl sites for hydroxylation is 2. The summed E-state index contributed by atoms with van der Waals surface area (Å²) in [6, 6.07) is 5.25. The predicted octanol–water partition coefficient (Wildman–Crippen LogP) is 2.61. The van der Waals surface area contributed by atoms with Gasteiger partial charge < -0.3 is 14.8 Å². The third-order valence-corrected chi connectivity index (χ3v) is 5.22. The second kappa shape index (κ2) is 10.0. The molecule has 0 bridgehead atoms. The topological polar surface area (TPSA) is 79.9 Å². The minimum absolute atomic E-state index is 0.151. The van der Waals surface area contributed by atoms with Gasteiger partial charge in [0.05, 0.1) is 18.8 Å². The first kappa shape index (κ1) is 20.8. The van der Waals surface area contributed by atoms with Gasteiger partial charge >= 0.3 is 6.03 Å². The molecule has 0 unspecified atom stereocenters. The van der Waals surface area contributed by atoms with Crippen molar-refractivity contribution in [3.05, 3.63) is 29.3 Å². The molecule has 3 rings (SSSR count). The number of nitrogens with one attached hydrogen (secondary N) is 2. The number of carbonyl (C=O) groups excluding carboxylic acids is 2. The third-order valence-electron chi connectivity index (χ3n) is 5.22. The summed E-state index contributed by atoms with van der Waals surface area (Å²) >= 11 is 0. The molecule has 154 valence electrons. The molecule has 0 aliphatic carbocycles. The number of rotatable bonds is 7. The quantitative estimate of drug-likeness (QED) is 0.749. The van der Waals surface area contributed by atoms with E-state index in [0.29, 0.717) is 18.8 Å². The van der Waals surface area contributed by atoms with Gasteiger partial charge in [-0.25, -0.2) is 4.79 Å². The number of anilines is 1. The largest absolute Gasteiger partial charge is 0.377 e. The van der Waals surface area contributed by atoms with Gasteiger partial charge in [-0.1, -0.05) is 17.7 Å². The molecule has 2 aliphatic rings. The van der Waals surface area contributed by atoms with Crippen LogP contribution in [0.5, 0.6) is 0 Å². The fourth-order valence-electron chi connectivity index (χ4n) is 3.83. The lowest BCUT2D eigenvalue weighted by atomic mass is 10.1. The number of imide groups is 1. The van der Waals surface area contributed by atoms with Crippen molar-refractivity contribution in [1.29, 1.82) is 0 Å². The lowest BCUT2D eigenvalue weighted by molar-refractivity contribution is -0.121. The molecule has 2 fully saturated rings. The molecule has 0 spiro atoms. The summed E-state index contributed by atoms with van der Waals surface area (Å²) < 4.78 is 11.4. The molecular weight excluding hydrogens is 358 g/mol. The van der Waals surface area contributed by atoms with Crippen LogP contribution >= 0.6 is 0 Å². The summed E-state index contributed by atoms with van der Waals surface area (Å²) in [6.45, 7) is 7.01. The number of ether oxygens (including phenoxy) is 2. The molecular formula is C21H31N3O4. The Hall–Kier alpha value is -1.96. The molecule has 0 saturated carbocycles. The Bertz CT molecular complexity index is 664. The zero-order valence-electron chi connectivity index (χ0n) is 16.8. The van der Waals surface area contributed by atoms with Crippen LogP contribution in [0.2, 0.25) is 0 Å². The zero-order chi connectivity index (χ0) is 19.9. The first-order valence-corrected chi connectivity index (χ1v) is 10.1. The van der Waals surface area contributed by atoms with Crippen LogP contribution < -0.4 is 10.6 Å². The smallest absolute Gasteiger partial charge is 0.325 e. The van der Waals surface area contributed by atoms with Crippen LogP contribution in [-0.2, 0) is 14.3 Å². The van der Waals surface area contributed by atoms with E-state index in [9.17, 15) is 9.59 Å². The Morgan fingerprint density at radius 2 is 1.71 bits per heavy atom. The summed E-state index contributed by atoms with van der Waals surface area (Å²) in [5.41, 5.74) is 2.78. The van der Waals surface area contributed by atoms with Gasteiger partial charge in [-0.05, 0) is 51.2 Å². The Morgan fingerprint density at radius 1 is 1.07 bits per heavy atom. The van der Waals surface area contributed by atoms with E-state index in [-0.39, 0.29) is 24.7 Å². The lowest BCUT2D eigenvalue weighted by Gasteiger charge is -2.26. The Balaban J connectivity index is 1.51. The first-order chi connectivity index (χ1) is 13.5. The Morgan fingerprint density at radius 3 is 2.25 bits per heavy atom. The van der Waals surface area contributed by atoms with E-state index in [1.165, 1.54) is 0 Å². The monoisotopic (exact) mass is 389 g/mol. The first-order valence-electron chi connectivity index (χ1n) is 10.1. The molecule has 3 amide bonds. The molecule has 1 aromatic rings. The third kappa shape index (κ3) is 6.29. The molecule has 28 heavy (non-hydrogen) atoms. The van der Waals surface area contributed by atoms with Crippen LogP contribution in [0.1, 0.15) is 36.8 Å². The minimum Gasteiger partial charge on any atom is -0.377 e. The molecule has 1 aromatic carbocycles. The summed E-state index contributed by atoms with van der Waals surface area (Å²) in [4.78, 5) is 26.7. The van der Waals surface area contributed by atoms with Crippen molar-refractivity contribution < 1.29 is 19.1 Å². The van der Waals surface area contributed by atoms with Gasteiger partial charge in [0.25, 0.3) is 0 Å². The molecule has 2 saturated heterocycles. The SMILES string of the molecule is Cc1ccc(NC(=O)NC(=O)CN(C[C@H]2CCCO2)C[C@H]2CCCO2)c(C)c1. The van der Waals surface area contributed by atoms with E-state index in [1.54, 1.807) is 0 Å². The van der Waals surface area contributed by atoms with Crippen LogP contribution in [0.4, 0.5) is 10.5 Å². The predicted molar refractivity (Wildman–Crippen MR) is 107 cm³/mol. The molecule has 2 N–H and O–H groups in total. The van der Waals surface area contributed by atoms with Gasteiger partial charge in [0.15, 0.2) is 0 Å². The fraction of sp³-hybridized carbons (Fsp3) is 0.619. The highest BCUT2D eigenvalue weighted by molar-refractivity contribution is 6.02. The van der Waals surface area contributed by atoms with Crippen molar-refractivity contribution in [1.82, 2.24) is 10.2 Å². The van der Waals surface area contributed by atoms with Gasteiger partial charge in [-0.3, -0.25) is 15.0 Å². The fourth-order valence-corrected chi connectivity index (χ4v) is 3.83. The van der Waals surface area contributed by atoms with Gasteiger partial charge in [0.1, 0.15) is 0 Å². The molecule has 7 heteroatoms. The Kier molecular flexibility index (Phi) is 7.42. The standard InChI is InChI=1S/C21H31N3O4/c1-15-7-8-19(16(2)11-15)22-21(26)23-20(25)14-24(12-17-5-3-9-27-17)13-18-6-4-10-28-18/h7-8,11,17-18H,3-6,9-10,12-14H2,1-2H3,(H2,22,23,25,26)/t17-,18-/m1/s1. The van der Waals surface area contributed by atoms with E-state index in [2.05, 4.69) is 10.6 Å². The number of benzene rings is 1. The summed E-state index contributed by atoms with van der Waals surface area (Å²) in [5, 5.41) is 5.19. The summed E-state index contributed by atoms with van der Waals surface area (Å²) in [5.74, 6) is -0.321. The maximum absolute atomic E-state index is 12.4.